The van der Waals surface area contributed by atoms with Gasteiger partial charge in [0.25, 0.3) is 5.69 Å². The van der Waals surface area contributed by atoms with Crippen LogP contribution in [0.25, 0.3) is 17.2 Å². The van der Waals surface area contributed by atoms with Crippen molar-refractivity contribution in [2.45, 2.75) is 83.0 Å². The summed E-state index contributed by atoms with van der Waals surface area (Å²) in [6, 6.07) is 29.6. The molecule has 6 atom stereocenters. The van der Waals surface area contributed by atoms with Gasteiger partial charge in [0.1, 0.15) is 29.9 Å². The van der Waals surface area contributed by atoms with Crippen LogP contribution in [0.3, 0.4) is 0 Å². The highest BCUT2D eigenvalue weighted by molar-refractivity contribution is 6.03. The van der Waals surface area contributed by atoms with Crippen LogP contribution in [-0.4, -0.2) is 76.5 Å². The van der Waals surface area contributed by atoms with Crippen molar-refractivity contribution in [3.63, 3.8) is 0 Å². The van der Waals surface area contributed by atoms with E-state index in [2.05, 4.69) is 43.0 Å². The van der Waals surface area contributed by atoms with Gasteiger partial charge in [0.15, 0.2) is 0 Å². The minimum atomic E-state index is -1.41. The zero-order valence-electron chi connectivity index (χ0n) is 37.4. The third kappa shape index (κ3) is 10.6. The Hall–Kier alpha value is -6.08. The molecule has 0 bridgehead atoms. The number of nitro benzene ring substituents is 1. The molecule has 1 aliphatic heterocycles. The quantitative estimate of drug-likeness (QED) is 0.0258. The number of allylic oxidation sites excluding steroid dienone is 1. The van der Waals surface area contributed by atoms with E-state index >= 15 is 0 Å². The smallest absolute Gasteiger partial charge is 0.269 e. The highest BCUT2D eigenvalue weighted by Crippen LogP contribution is 2.62. The number of aliphatic hydroxyl groups excluding tert-OH is 2. The summed E-state index contributed by atoms with van der Waals surface area (Å²) >= 11 is 0. The molecule has 1 heterocycles. The average Bonchev–Trinajstić information content (AvgIpc) is 3.33. The number of non-ortho nitro benzene ring substituents is 1. The first-order valence-electron chi connectivity index (χ1n) is 23.0. The minimum Gasteiger partial charge on any atom is -0.459 e. The predicted octanol–water partition coefficient (Wildman–Crippen LogP) is 10.7. The van der Waals surface area contributed by atoms with E-state index in [9.17, 15) is 25.1 Å². The molecular formula is C53H61N3O9. The van der Waals surface area contributed by atoms with Crippen molar-refractivity contribution in [2.75, 3.05) is 33.0 Å². The number of hydrogen-bond acceptors (Lipinski definition) is 10. The van der Waals surface area contributed by atoms with Gasteiger partial charge in [-0.1, -0.05) is 79.5 Å². The number of fused-ring (bicyclic) bond motifs is 2. The highest BCUT2D eigenvalue weighted by atomic mass is 16.7. The standard InChI is InChI=1S/C53H61N3O9/c1-4-30-55(50(59)29-20-37-18-23-41(24-19-37)56(60)61)49-36-47(54-63-6-3)45-34-40(16-10-12-31-57)44(17-11-13-32-58)51-46-35-43(27-28-48(46)65-53(49,52(45)51)62-33-5-2)64-42-25-21-39(22-26-42)38-14-8-7-9-15-38/h5,7-9,14-15,18-29,34-35,40,44,49,51-52,57-58H,2,4,6,10-13,16-17,30-33,36H2,1,3H3/t40-,44+,49-,51+,52+,53+/m0/s1. The summed E-state index contributed by atoms with van der Waals surface area (Å²) < 4.78 is 21.0. The number of rotatable bonds is 22. The van der Waals surface area contributed by atoms with Crippen LogP contribution >= 0.6 is 0 Å². The number of ether oxygens (including phenoxy) is 3. The van der Waals surface area contributed by atoms with E-state index in [4.69, 9.17) is 24.2 Å². The zero-order chi connectivity index (χ0) is 45.8. The first kappa shape index (κ1) is 46.9. The topological polar surface area (TPSA) is 153 Å². The fraction of sp³-hybridized carbons (Fsp3) is 0.396. The Morgan fingerprint density at radius 1 is 0.938 bits per heavy atom. The fourth-order valence-corrected chi connectivity index (χ4v) is 9.97. The third-order valence-electron chi connectivity index (χ3n) is 12.8. The summed E-state index contributed by atoms with van der Waals surface area (Å²) in [6.45, 7) is 8.99. The monoisotopic (exact) mass is 883 g/mol. The van der Waals surface area contributed by atoms with Crippen LogP contribution in [0.5, 0.6) is 17.2 Å². The van der Waals surface area contributed by atoms with E-state index < -0.39 is 22.7 Å². The molecular weight excluding hydrogens is 823 g/mol. The number of benzene rings is 4. The van der Waals surface area contributed by atoms with Gasteiger partial charge in [-0.15, -0.1) is 6.58 Å². The van der Waals surface area contributed by atoms with Gasteiger partial charge in [-0.2, -0.15) is 0 Å². The van der Waals surface area contributed by atoms with Crippen molar-refractivity contribution in [3.05, 3.63) is 149 Å². The lowest BCUT2D eigenvalue weighted by molar-refractivity contribution is -0.384. The Kier molecular flexibility index (Phi) is 16.0. The van der Waals surface area contributed by atoms with Gasteiger partial charge in [-0.3, -0.25) is 14.9 Å². The number of nitro groups is 1. The second kappa shape index (κ2) is 22.2. The number of oxime groups is 1. The Morgan fingerprint density at radius 3 is 2.32 bits per heavy atom. The van der Waals surface area contributed by atoms with Gasteiger partial charge in [0.05, 0.1) is 23.2 Å². The predicted molar refractivity (Wildman–Crippen MR) is 253 cm³/mol. The van der Waals surface area contributed by atoms with Gasteiger partial charge in [-0.25, -0.2) is 0 Å². The molecule has 0 radical (unpaired) electrons. The summed E-state index contributed by atoms with van der Waals surface area (Å²) in [5.74, 6) is -0.261. The van der Waals surface area contributed by atoms with Gasteiger partial charge in [0.2, 0.25) is 11.7 Å². The van der Waals surface area contributed by atoms with Crippen LogP contribution in [0.2, 0.25) is 0 Å². The molecule has 4 aromatic carbocycles. The van der Waals surface area contributed by atoms with E-state index in [1.54, 1.807) is 24.3 Å². The molecule has 7 rings (SSSR count). The second-order valence-corrected chi connectivity index (χ2v) is 16.9. The van der Waals surface area contributed by atoms with E-state index in [-0.39, 0.29) is 55.6 Å². The maximum atomic E-state index is 14.7. The van der Waals surface area contributed by atoms with E-state index in [1.807, 2.05) is 61.2 Å². The van der Waals surface area contributed by atoms with Crippen molar-refractivity contribution in [1.82, 2.24) is 4.90 Å². The van der Waals surface area contributed by atoms with E-state index in [1.165, 1.54) is 18.2 Å². The number of hydrogen-bond donors (Lipinski definition) is 2. The van der Waals surface area contributed by atoms with Crippen molar-refractivity contribution in [2.24, 2.45) is 22.9 Å². The highest BCUT2D eigenvalue weighted by Gasteiger charge is 2.65. The molecule has 1 amide bonds. The summed E-state index contributed by atoms with van der Waals surface area (Å²) in [6.07, 6.45) is 12.7. The molecule has 1 saturated carbocycles. The minimum absolute atomic E-state index is 0.0344. The zero-order valence-corrected chi connectivity index (χ0v) is 37.4. The van der Waals surface area contributed by atoms with Crippen LogP contribution in [0.15, 0.2) is 133 Å². The van der Waals surface area contributed by atoms with Gasteiger partial charge in [0, 0.05) is 55.9 Å². The molecule has 1 fully saturated rings. The van der Waals surface area contributed by atoms with Gasteiger partial charge >= 0.3 is 0 Å². The molecule has 3 aliphatic rings. The van der Waals surface area contributed by atoms with Gasteiger partial charge in [-0.05, 0) is 122 Å². The largest absolute Gasteiger partial charge is 0.459 e. The third-order valence-corrected chi connectivity index (χ3v) is 12.8. The second-order valence-electron chi connectivity index (χ2n) is 16.9. The molecule has 0 saturated heterocycles. The Labute approximate surface area is 382 Å². The Bertz CT molecular complexity index is 2330. The summed E-state index contributed by atoms with van der Waals surface area (Å²) in [7, 11) is 0. The van der Waals surface area contributed by atoms with Crippen LogP contribution in [0, 0.1) is 27.9 Å². The maximum Gasteiger partial charge on any atom is 0.269 e. The van der Waals surface area contributed by atoms with Crippen molar-refractivity contribution in [3.8, 4) is 28.4 Å². The number of aliphatic hydroxyl groups is 2. The van der Waals surface area contributed by atoms with Crippen molar-refractivity contribution >= 4 is 23.4 Å². The SMILES string of the molecule is C=CCO[C@@]12Oc3ccc(Oc4ccc(-c5ccccc5)cc4)cc3[C@H]3[C@H](CCCCO)[C@@H](CCCCO)C=C(C(=NOCC)C[C@@H]1N(CCC)C(=O)C=Cc1ccc([N+](=O)[O-])cc1)[C@H]32. The first-order chi connectivity index (χ1) is 31.7. The van der Waals surface area contributed by atoms with Crippen molar-refractivity contribution < 1.29 is 39.0 Å². The van der Waals surface area contributed by atoms with Crippen LogP contribution < -0.4 is 9.47 Å². The number of nitrogens with zero attached hydrogens (tertiary/aromatic N) is 3. The lowest BCUT2D eigenvalue weighted by Gasteiger charge is -2.60. The molecule has 12 nitrogen and oxygen atoms in total. The molecule has 2 N–H and O–H groups in total. The van der Waals surface area contributed by atoms with E-state index in [0.29, 0.717) is 55.2 Å². The Morgan fingerprint density at radius 2 is 1.65 bits per heavy atom. The molecule has 12 heteroatoms. The molecule has 0 spiro atoms. The number of amides is 1. The number of unbranched alkanes of at least 4 members (excludes halogenated alkanes) is 2. The van der Waals surface area contributed by atoms with Crippen LogP contribution in [0.4, 0.5) is 5.69 Å². The molecule has 65 heavy (non-hydrogen) atoms. The number of carbonyl (C=O) groups excluding carboxylic acids is 1. The maximum absolute atomic E-state index is 14.7. The lowest BCUT2D eigenvalue weighted by Crippen LogP contribution is -2.70. The number of carbonyl (C=O) groups is 1. The van der Waals surface area contributed by atoms with Crippen LogP contribution in [0.1, 0.15) is 82.3 Å². The van der Waals surface area contributed by atoms with Crippen LogP contribution in [-0.2, 0) is 14.4 Å². The molecule has 2 aliphatic carbocycles. The Balaban J connectivity index is 1.37. The van der Waals surface area contributed by atoms with Gasteiger partial charge < -0.3 is 34.2 Å². The molecule has 0 unspecified atom stereocenters. The summed E-state index contributed by atoms with van der Waals surface area (Å²) in [5.41, 5.74) is 5.44. The lowest BCUT2D eigenvalue weighted by atomic mass is 9.55. The molecule has 4 aromatic rings. The summed E-state index contributed by atoms with van der Waals surface area (Å²) in [5, 5.41) is 36.0. The first-order valence-corrected chi connectivity index (χ1v) is 23.0. The summed E-state index contributed by atoms with van der Waals surface area (Å²) in [4.78, 5) is 33.3. The van der Waals surface area contributed by atoms with Crippen molar-refractivity contribution in [1.29, 1.82) is 0 Å². The molecule has 342 valence electrons. The molecule has 0 aromatic heterocycles. The van der Waals surface area contributed by atoms with E-state index in [0.717, 1.165) is 53.7 Å². The fourth-order valence-electron chi connectivity index (χ4n) is 9.97. The average molecular weight is 884 g/mol. The normalized spacial score (nSPS) is 22.6.